The minimum atomic E-state index is -0.532. The number of hydrogen-bond acceptors (Lipinski definition) is 7. The topological polar surface area (TPSA) is 119 Å². The van der Waals surface area contributed by atoms with Gasteiger partial charge in [-0.3, -0.25) is 0 Å². The van der Waals surface area contributed by atoms with Crippen molar-refractivity contribution < 1.29 is 14.6 Å². The van der Waals surface area contributed by atoms with Crippen LogP contribution < -0.4 is 0 Å². The highest BCUT2D eigenvalue weighted by Gasteiger charge is 2.22. The number of carbonyl (C=O) groups excluding carboxylic acids is 1. The van der Waals surface area contributed by atoms with Gasteiger partial charge in [-0.25, -0.2) is 9.78 Å². The SMILES string of the molecule is CCCc1nc(C(=O)OCc2ccc(-c3ccccc3-c3nn[nH]n3)cc2)c(CO)n1CC. The normalized spacial score (nSPS) is 11.0. The van der Waals surface area contributed by atoms with E-state index in [-0.39, 0.29) is 18.9 Å². The number of carbonyl (C=O) groups is 1. The van der Waals surface area contributed by atoms with Crippen molar-refractivity contribution in [3.63, 3.8) is 0 Å². The van der Waals surface area contributed by atoms with Crippen molar-refractivity contribution in [2.45, 2.75) is 46.4 Å². The fourth-order valence-corrected chi connectivity index (χ4v) is 3.85. The number of nitrogens with one attached hydrogen (secondary N) is 1. The number of benzene rings is 2. The van der Waals surface area contributed by atoms with Crippen molar-refractivity contribution in [1.82, 2.24) is 30.2 Å². The molecule has 2 heterocycles. The second kappa shape index (κ2) is 10.2. The lowest BCUT2D eigenvalue weighted by atomic mass is 9.98. The molecule has 170 valence electrons. The molecule has 4 aromatic rings. The molecule has 2 aromatic carbocycles. The predicted molar refractivity (Wildman–Crippen MR) is 122 cm³/mol. The van der Waals surface area contributed by atoms with Crippen LogP contribution in [0.4, 0.5) is 0 Å². The van der Waals surface area contributed by atoms with Gasteiger partial charge in [0, 0.05) is 18.5 Å². The molecule has 33 heavy (non-hydrogen) atoms. The zero-order valence-electron chi connectivity index (χ0n) is 18.7. The van der Waals surface area contributed by atoms with Crippen LogP contribution in [0, 0.1) is 0 Å². The Morgan fingerprint density at radius 2 is 1.85 bits per heavy atom. The number of nitrogens with zero attached hydrogens (tertiary/aromatic N) is 5. The average molecular weight is 447 g/mol. The number of aromatic nitrogens is 6. The third-order valence-corrected chi connectivity index (χ3v) is 5.43. The van der Waals surface area contributed by atoms with Crippen molar-refractivity contribution in [2.75, 3.05) is 0 Å². The summed E-state index contributed by atoms with van der Waals surface area (Å²) in [5, 5.41) is 24.1. The zero-order valence-corrected chi connectivity index (χ0v) is 18.7. The van der Waals surface area contributed by atoms with E-state index in [0.717, 1.165) is 40.9 Å². The molecular formula is C24H26N6O3. The van der Waals surface area contributed by atoms with Crippen LogP contribution in [0.2, 0.25) is 0 Å². The summed E-state index contributed by atoms with van der Waals surface area (Å²) in [5.74, 6) is 0.785. The van der Waals surface area contributed by atoms with Crippen LogP contribution in [0.15, 0.2) is 48.5 Å². The first-order valence-electron chi connectivity index (χ1n) is 10.9. The fraction of sp³-hybridized carbons (Fsp3) is 0.292. The van der Waals surface area contributed by atoms with Crippen LogP contribution in [-0.4, -0.2) is 41.3 Å². The number of tetrazole rings is 1. The van der Waals surface area contributed by atoms with E-state index in [1.807, 2.05) is 60.0 Å². The number of H-pyrrole nitrogens is 1. The molecular weight excluding hydrogens is 420 g/mol. The van der Waals surface area contributed by atoms with E-state index in [0.29, 0.717) is 18.1 Å². The van der Waals surface area contributed by atoms with E-state index in [9.17, 15) is 9.90 Å². The number of aromatic amines is 1. The van der Waals surface area contributed by atoms with Gasteiger partial charge < -0.3 is 14.4 Å². The van der Waals surface area contributed by atoms with E-state index >= 15 is 0 Å². The summed E-state index contributed by atoms with van der Waals surface area (Å²) in [6, 6.07) is 15.6. The highest BCUT2D eigenvalue weighted by molar-refractivity contribution is 5.88. The Balaban J connectivity index is 1.49. The van der Waals surface area contributed by atoms with Crippen molar-refractivity contribution in [1.29, 1.82) is 0 Å². The van der Waals surface area contributed by atoms with E-state index in [4.69, 9.17) is 4.74 Å². The van der Waals surface area contributed by atoms with E-state index in [1.165, 1.54) is 0 Å². The Bertz CT molecular complexity index is 1220. The Labute approximate surface area is 191 Å². The maximum absolute atomic E-state index is 12.7. The first-order valence-corrected chi connectivity index (χ1v) is 10.9. The van der Waals surface area contributed by atoms with E-state index < -0.39 is 5.97 Å². The number of aliphatic hydroxyl groups excluding tert-OH is 1. The fourth-order valence-electron chi connectivity index (χ4n) is 3.85. The van der Waals surface area contributed by atoms with Crippen LogP contribution in [0.25, 0.3) is 22.5 Å². The lowest BCUT2D eigenvalue weighted by molar-refractivity contribution is 0.0462. The second-order valence-corrected chi connectivity index (χ2v) is 7.53. The molecule has 0 unspecified atom stereocenters. The molecule has 9 nitrogen and oxygen atoms in total. The average Bonchev–Trinajstić information content (AvgIpc) is 3.51. The molecule has 0 bridgehead atoms. The molecule has 0 saturated carbocycles. The molecule has 0 aliphatic carbocycles. The van der Waals surface area contributed by atoms with Gasteiger partial charge in [0.25, 0.3) is 0 Å². The summed E-state index contributed by atoms with van der Waals surface area (Å²) in [7, 11) is 0. The largest absolute Gasteiger partial charge is 0.456 e. The summed E-state index contributed by atoms with van der Waals surface area (Å²) >= 11 is 0. The van der Waals surface area contributed by atoms with Crippen LogP contribution in [0.5, 0.6) is 0 Å². The van der Waals surface area contributed by atoms with Crippen LogP contribution in [0.1, 0.15) is 47.8 Å². The number of aryl methyl sites for hydroxylation is 1. The standard InChI is InChI=1S/C24H26N6O3/c1-3-7-21-25-22(20(14-31)30(21)4-2)24(32)33-15-16-10-12-17(13-11-16)18-8-5-6-9-19(18)23-26-28-29-27-23/h5-6,8-13,31H,3-4,7,14-15H2,1-2H3,(H,26,27,28,29). The van der Waals surface area contributed by atoms with Gasteiger partial charge in [0.15, 0.2) is 5.69 Å². The lowest BCUT2D eigenvalue weighted by Gasteiger charge is -2.09. The van der Waals surface area contributed by atoms with Gasteiger partial charge in [-0.15, -0.1) is 10.2 Å². The summed E-state index contributed by atoms with van der Waals surface area (Å²) in [6.07, 6.45) is 1.64. The molecule has 0 amide bonds. The molecule has 0 saturated heterocycles. The highest BCUT2D eigenvalue weighted by atomic mass is 16.5. The monoisotopic (exact) mass is 446 g/mol. The number of esters is 1. The maximum atomic E-state index is 12.7. The zero-order chi connectivity index (χ0) is 23.2. The summed E-state index contributed by atoms with van der Waals surface area (Å²) in [4.78, 5) is 17.2. The molecule has 2 aromatic heterocycles. The second-order valence-electron chi connectivity index (χ2n) is 7.53. The Morgan fingerprint density at radius 1 is 1.09 bits per heavy atom. The third-order valence-electron chi connectivity index (χ3n) is 5.43. The van der Waals surface area contributed by atoms with Gasteiger partial charge in [0.2, 0.25) is 5.82 Å². The number of rotatable bonds is 9. The molecule has 4 rings (SSSR count). The smallest absolute Gasteiger partial charge is 0.359 e. The molecule has 0 aliphatic rings. The summed E-state index contributed by atoms with van der Waals surface area (Å²) in [5.41, 5.74) is 4.37. The Hall–Kier alpha value is -3.85. The number of ether oxygens (including phenoxy) is 1. The molecule has 0 radical (unpaired) electrons. The van der Waals surface area contributed by atoms with Crippen LogP contribution in [0.3, 0.4) is 0 Å². The quantitative estimate of drug-likeness (QED) is 0.377. The third kappa shape index (κ3) is 4.68. The minimum absolute atomic E-state index is 0.110. The van der Waals surface area contributed by atoms with Gasteiger partial charge in [-0.1, -0.05) is 55.5 Å². The molecule has 0 aliphatic heterocycles. The number of aliphatic hydroxyl groups is 1. The molecule has 0 spiro atoms. The van der Waals surface area contributed by atoms with Gasteiger partial charge in [0.1, 0.15) is 12.4 Å². The molecule has 9 heteroatoms. The lowest BCUT2D eigenvalue weighted by Crippen LogP contribution is -2.11. The van der Waals surface area contributed by atoms with Gasteiger partial charge in [-0.05, 0) is 35.2 Å². The highest BCUT2D eigenvalue weighted by Crippen LogP contribution is 2.29. The van der Waals surface area contributed by atoms with Crippen molar-refractivity contribution in [2.24, 2.45) is 0 Å². The summed E-state index contributed by atoms with van der Waals surface area (Å²) in [6.45, 7) is 4.50. The molecule has 0 atom stereocenters. The Kier molecular flexibility index (Phi) is 6.89. The van der Waals surface area contributed by atoms with E-state index in [1.54, 1.807) is 0 Å². The number of hydrogen-bond donors (Lipinski definition) is 2. The molecule has 0 fully saturated rings. The van der Waals surface area contributed by atoms with Gasteiger partial charge >= 0.3 is 5.97 Å². The molecule has 2 N–H and O–H groups in total. The van der Waals surface area contributed by atoms with E-state index in [2.05, 4.69) is 32.5 Å². The minimum Gasteiger partial charge on any atom is -0.456 e. The van der Waals surface area contributed by atoms with Gasteiger partial charge in [-0.2, -0.15) is 5.21 Å². The van der Waals surface area contributed by atoms with Crippen molar-refractivity contribution in [3.05, 3.63) is 71.3 Å². The van der Waals surface area contributed by atoms with Crippen LogP contribution >= 0.6 is 0 Å². The van der Waals surface area contributed by atoms with Gasteiger partial charge in [0.05, 0.1) is 12.3 Å². The first-order chi connectivity index (χ1) is 16.2. The van der Waals surface area contributed by atoms with Crippen LogP contribution in [-0.2, 0) is 30.9 Å². The first kappa shape index (κ1) is 22.3. The van der Waals surface area contributed by atoms with Crippen molar-refractivity contribution in [3.8, 4) is 22.5 Å². The predicted octanol–water partition coefficient (Wildman–Crippen LogP) is 3.55. The Morgan fingerprint density at radius 3 is 2.48 bits per heavy atom. The van der Waals surface area contributed by atoms with Crippen molar-refractivity contribution >= 4 is 5.97 Å². The summed E-state index contributed by atoms with van der Waals surface area (Å²) < 4.78 is 7.40. The maximum Gasteiger partial charge on any atom is 0.359 e. The number of imidazole rings is 1.